The highest BCUT2D eigenvalue weighted by atomic mass is 127. The number of aromatic nitrogens is 2. The molecule has 1 aliphatic rings. The summed E-state index contributed by atoms with van der Waals surface area (Å²) in [5, 5.41) is 4.01. The number of halogens is 2. The minimum absolute atomic E-state index is 0. The SMILES string of the molecule is CCOC(=O)[C@H]1CCCN(C(=NC)NCc2cn3cc(Cl)ccc3n2)C1.I. The lowest BCUT2D eigenvalue weighted by molar-refractivity contribution is -0.149. The van der Waals surface area contributed by atoms with E-state index in [0.717, 1.165) is 36.7 Å². The van der Waals surface area contributed by atoms with Crippen LogP contribution in [0, 0.1) is 5.92 Å². The fourth-order valence-corrected chi connectivity index (χ4v) is 3.39. The molecule has 1 atom stereocenters. The maximum atomic E-state index is 12.0. The molecule has 7 nitrogen and oxygen atoms in total. The predicted molar refractivity (Wildman–Crippen MR) is 117 cm³/mol. The molecule has 0 aromatic carbocycles. The second-order valence-corrected chi connectivity index (χ2v) is 6.72. The van der Waals surface area contributed by atoms with Crippen LogP contribution in [0.5, 0.6) is 0 Å². The number of pyridine rings is 1. The van der Waals surface area contributed by atoms with Crippen molar-refractivity contribution in [2.45, 2.75) is 26.3 Å². The summed E-state index contributed by atoms with van der Waals surface area (Å²) in [5.41, 5.74) is 1.74. The first kappa shape index (κ1) is 21.7. The van der Waals surface area contributed by atoms with Crippen LogP contribution < -0.4 is 5.32 Å². The Morgan fingerprint density at radius 2 is 2.26 bits per heavy atom. The van der Waals surface area contributed by atoms with Crippen LogP contribution in [-0.2, 0) is 16.1 Å². The van der Waals surface area contributed by atoms with E-state index < -0.39 is 0 Å². The number of nitrogens with zero attached hydrogens (tertiary/aromatic N) is 4. The first-order chi connectivity index (χ1) is 12.6. The molecule has 27 heavy (non-hydrogen) atoms. The molecule has 1 N–H and O–H groups in total. The Labute approximate surface area is 181 Å². The van der Waals surface area contributed by atoms with Crippen LogP contribution in [0.1, 0.15) is 25.5 Å². The molecule has 9 heteroatoms. The van der Waals surface area contributed by atoms with E-state index in [0.29, 0.717) is 24.7 Å². The molecule has 2 aromatic rings. The predicted octanol–water partition coefficient (Wildman–Crippen LogP) is 2.96. The van der Waals surface area contributed by atoms with Gasteiger partial charge in [0.1, 0.15) is 5.65 Å². The maximum Gasteiger partial charge on any atom is 0.310 e. The molecular formula is C18H25ClIN5O2. The summed E-state index contributed by atoms with van der Waals surface area (Å²) in [4.78, 5) is 23.1. The maximum absolute atomic E-state index is 12.0. The number of hydrogen-bond donors (Lipinski definition) is 1. The number of likely N-dealkylation sites (tertiary alicyclic amines) is 1. The van der Waals surface area contributed by atoms with Gasteiger partial charge in [0, 0.05) is 32.5 Å². The Balaban J connectivity index is 0.00000261. The summed E-state index contributed by atoms with van der Waals surface area (Å²) in [6.45, 7) is 4.30. The van der Waals surface area contributed by atoms with E-state index >= 15 is 0 Å². The molecule has 1 saturated heterocycles. The minimum Gasteiger partial charge on any atom is -0.466 e. The van der Waals surface area contributed by atoms with Gasteiger partial charge in [-0.15, -0.1) is 24.0 Å². The number of rotatable bonds is 4. The lowest BCUT2D eigenvalue weighted by Gasteiger charge is -2.33. The summed E-state index contributed by atoms with van der Waals surface area (Å²) < 4.78 is 7.07. The second-order valence-electron chi connectivity index (χ2n) is 6.28. The molecule has 148 valence electrons. The summed E-state index contributed by atoms with van der Waals surface area (Å²) in [6, 6.07) is 3.71. The van der Waals surface area contributed by atoms with Crippen LogP contribution in [0.2, 0.25) is 5.02 Å². The van der Waals surface area contributed by atoms with Crippen LogP contribution in [0.25, 0.3) is 5.65 Å². The molecule has 0 bridgehead atoms. The van der Waals surface area contributed by atoms with E-state index in [2.05, 4.69) is 20.2 Å². The zero-order valence-electron chi connectivity index (χ0n) is 15.5. The van der Waals surface area contributed by atoms with Gasteiger partial charge in [-0.2, -0.15) is 0 Å². The van der Waals surface area contributed by atoms with E-state index in [9.17, 15) is 4.79 Å². The van der Waals surface area contributed by atoms with E-state index in [1.54, 1.807) is 7.05 Å². The molecule has 3 heterocycles. The number of hydrogen-bond acceptors (Lipinski definition) is 4. The van der Waals surface area contributed by atoms with Gasteiger partial charge in [0.05, 0.1) is 29.8 Å². The van der Waals surface area contributed by atoms with Gasteiger partial charge in [0.15, 0.2) is 5.96 Å². The Hall–Kier alpha value is -1.55. The quantitative estimate of drug-likeness (QED) is 0.299. The van der Waals surface area contributed by atoms with Gasteiger partial charge in [0.2, 0.25) is 0 Å². The van der Waals surface area contributed by atoms with E-state index in [1.165, 1.54) is 0 Å². The molecule has 1 aliphatic heterocycles. The first-order valence-corrected chi connectivity index (χ1v) is 9.24. The number of aliphatic imine (C=N–C) groups is 1. The second kappa shape index (κ2) is 10.1. The third-order valence-corrected chi connectivity index (χ3v) is 4.67. The average Bonchev–Trinajstić information content (AvgIpc) is 3.04. The zero-order chi connectivity index (χ0) is 18.5. The monoisotopic (exact) mass is 505 g/mol. The number of ether oxygens (including phenoxy) is 1. The number of carbonyl (C=O) groups is 1. The molecule has 3 rings (SSSR count). The zero-order valence-corrected chi connectivity index (χ0v) is 18.6. The van der Waals surface area contributed by atoms with Crippen LogP contribution in [0.3, 0.4) is 0 Å². The van der Waals surface area contributed by atoms with E-state index in [-0.39, 0.29) is 35.9 Å². The van der Waals surface area contributed by atoms with Crippen molar-refractivity contribution in [2.24, 2.45) is 10.9 Å². The van der Waals surface area contributed by atoms with Gasteiger partial charge >= 0.3 is 5.97 Å². The van der Waals surface area contributed by atoms with Crippen LogP contribution in [0.4, 0.5) is 0 Å². The fourth-order valence-electron chi connectivity index (χ4n) is 3.23. The third-order valence-electron chi connectivity index (χ3n) is 4.45. The van der Waals surface area contributed by atoms with Crippen LogP contribution in [-0.4, -0.2) is 53.0 Å². The molecule has 0 saturated carbocycles. The average molecular weight is 506 g/mol. The van der Waals surface area contributed by atoms with E-state index in [4.69, 9.17) is 16.3 Å². The smallest absolute Gasteiger partial charge is 0.310 e. The number of guanidine groups is 1. The highest BCUT2D eigenvalue weighted by Gasteiger charge is 2.28. The van der Waals surface area contributed by atoms with Crippen LogP contribution in [0.15, 0.2) is 29.5 Å². The minimum atomic E-state index is -0.120. The van der Waals surface area contributed by atoms with Crippen molar-refractivity contribution < 1.29 is 9.53 Å². The van der Waals surface area contributed by atoms with Gasteiger partial charge in [-0.1, -0.05) is 11.6 Å². The molecule has 1 fully saturated rings. The summed E-state index contributed by atoms with van der Waals surface area (Å²) in [5.74, 6) is 0.554. The molecule has 0 aliphatic carbocycles. The molecule has 0 radical (unpaired) electrons. The highest BCUT2D eigenvalue weighted by molar-refractivity contribution is 14.0. The van der Waals surface area contributed by atoms with Gasteiger partial charge < -0.3 is 19.4 Å². The van der Waals surface area contributed by atoms with Crippen molar-refractivity contribution in [3.05, 3.63) is 35.2 Å². The van der Waals surface area contributed by atoms with Gasteiger partial charge in [0.25, 0.3) is 0 Å². The van der Waals surface area contributed by atoms with Crippen molar-refractivity contribution in [2.75, 3.05) is 26.7 Å². The standard InChI is InChI=1S/C18H24ClN5O2.HI/c1-3-26-17(25)13-5-4-8-23(10-13)18(20-2)21-9-15-12-24-11-14(19)6-7-16(24)22-15;/h6-7,11-13H,3-5,8-10H2,1-2H3,(H,20,21);1H/t13-;/m0./s1. The third kappa shape index (κ3) is 5.47. The van der Waals surface area contributed by atoms with Crippen molar-refractivity contribution in [3.8, 4) is 0 Å². The number of carbonyl (C=O) groups excluding carboxylic acids is 1. The van der Waals surface area contributed by atoms with Crippen molar-refractivity contribution in [1.82, 2.24) is 19.6 Å². The first-order valence-electron chi connectivity index (χ1n) is 8.86. The van der Waals surface area contributed by atoms with Crippen molar-refractivity contribution in [1.29, 1.82) is 0 Å². The Bertz CT molecular complexity index is 810. The molecule has 0 amide bonds. The number of fused-ring (bicyclic) bond motifs is 1. The lowest BCUT2D eigenvalue weighted by Crippen LogP contribution is -2.48. The van der Waals surface area contributed by atoms with Crippen molar-refractivity contribution >= 4 is 53.2 Å². The van der Waals surface area contributed by atoms with E-state index in [1.807, 2.05) is 35.9 Å². The normalized spacial score (nSPS) is 17.5. The van der Waals surface area contributed by atoms with Gasteiger partial charge in [-0.25, -0.2) is 4.98 Å². The fraction of sp³-hybridized carbons (Fsp3) is 0.500. The summed E-state index contributed by atoms with van der Waals surface area (Å²) >= 11 is 6.01. The van der Waals surface area contributed by atoms with Gasteiger partial charge in [-0.3, -0.25) is 9.79 Å². The molecule has 0 unspecified atom stereocenters. The number of imidazole rings is 1. The number of piperidine rings is 1. The largest absolute Gasteiger partial charge is 0.466 e. The molecule has 0 spiro atoms. The Morgan fingerprint density at radius 1 is 1.44 bits per heavy atom. The van der Waals surface area contributed by atoms with Gasteiger partial charge in [-0.05, 0) is 31.9 Å². The van der Waals surface area contributed by atoms with Crippen LogP contribution >= 0.6 is 35.6 Å². The topological polar surface area (TPSA) is 71.2 Å². The number of nitrogens with one attached hydrogen (secondary N) is 1. The lowest BCUT2D eigenvalue weighted by atomic mass is 9.98. The number of esters is 1. The summed E-state index contributed by atoms with van der Waals surface area (Å²) in [6.07, 6.45) is 5.58. The molecule has 2 aromatic heterocycles. The molecular weight excluding hydrogens is 481 g/mol. The summed E-state index contributed by atoms with van der Waals surface area (Å²) in [7, 11) is 1.75. The Kier molecular flexibility index (Phi) is 8.15. The Morgan fingerprint density at radius 3 is 3.00 bits per heavy atom. The van der Waals surface area contributed by atoms with Crippen molar-refractivity contribution in [3.63, 3.8) is 0 Å². The highest BCUT2D eigenvalue weighted by Crippen LogP contribution is 2.18.